The maximum atomic E-state index is 9.82. The summed E-state index contributed by atoms with van der Waals surface area (Å²) in [6, 6.07) is 4.79. The minimum Gasteiger partial charge on any atom is -0.192 e. The fourth-order valence-electron chi connectivity index (χ4n) is 3.53. The molecular formula is C22H24N2. The van der Waals surface area contributed by atoms with E-state index in [0.29, 0.717) is 11.1 Å². The van der Waals surface area contributed by atoms with E-state index in [2.05, 4.69) is 53.7 Å². The zero-order valence-electron chi connectivity index (χ0n) is 15.9. The van der Waals surface area contributed by atoms with Crippen LogP contribution in [0.2, 0.25) is 0 Å². The van der Waals surface area contributed by atoms with Crippen molar-refractivity contribution in [2.75, 3.05) is 0 Å². The van der Waals surface area contributed by atoms with Crippen LogP contribution < -0.4 is 0 Å². The molecule has 24 heavy (non-hydrogen) atoms. The van der Waals surface area contributed by atoms with Crippen molar-refractivity contribution in [3.63, 3.8) is 0 Å². The summed E-state index contributed by atoms with van der Waals surface area (Å²) in [6.45, 7) is 16.4. The molecule has 0 aliphatic heterocycles. The third-order valence-electron chi connectivity index (χ3n) is 5.85. The lowest BCUT2D eigenvalue weighted by atomic mass is 9.80. The van der Waals surface area contributed by atoms with Gasteiger partial charge in [-0.15, -0.1) is 0 Å². The fraction of sp³-hybridized carbons (Fsp3) is 0.364. The van der Waals surface area contributed by atoms with Crippen molar-refractivity contribution in [2.45, 2.75) is 55.4 Å². The molecule has 0 amide bonds. The molecule has 0 radical (unpaired) electrons. The molecule has 0 atom stereocenters. The number of rotatable bonds is 1. The highest BCUT2D eigenvalue weighted by atomic mass is 14.3. The highest BCUT2D eigenvalue weighted by Crippen LogP contribution is 2.40. The van der Waals surface area contributed by atoms with Crippen molar-refractivity contribution in [2.24, 2.45) is 0 Å². The van der Waals surface area contributed by atoms with Crippen molar-refractivity contribution < 1.29 is 0 Å². The Bertz CT molecular complexity index is 869. The van der Waals surface area contributed by atoms with E-state index in [9.17, 15) is 10.5 Å². The third kappa shape index (κ3) is 2.31. The van der Waals surface area contributed by atoms with Crippen LogP contribution in [0.4, 0.5) is 0 Å². The average molecular weight is 316 g/mol. The minimum absolute atomic E-state index is 0.692. The summed E-state index contributed by atoms with van der Waals surface area (Å²) in [5, 5.41) is 19.6. The Kier molecular flexibility index (Phi) is 4.54. The predicted octanol–water partition coefficient (Wildman–Crippen LogP) is 5.56. The second-order valence-electron chi connectivity index (χ2n) is 6.72. The summed E-state index contributed by atoms with van der Waals surface area (Å²) in [6.07, 6.45) is 0. The van der Waals surface area contributed by atoms with Gasteiger partial charge in [0.25, 0.3) is 0 Å². The maximum absolute atomic E-state index is 9.82. The Hall–Kier alpha value is -2.58. The van der Waals surface area contributed by atoms with Gasteiger partial charge in [-0.1, -0.05) is 0 Å². The lowest BCUT2D eigenvalue weighted by Gasteiger charge is -2.23. The molecule has 0 heterocycles. The van der Waals surface area contributed by atoms with Gasteiger partial charge in [0.15, 0.2) is 0 Å². The zero-order chi connectivity index (χ0) is 18.3. The van der Waals surface area contributed by atoms with Crippen LogP contribution in [0.1, 0.15) is 55.6 Å². The molecule has 2 nitrogen and oxygen atoms in total. The van der Waals surface area contributed by atoms with E-state index in [1.807, 2.05) is 13.8 Å². The largest absolute Gasteiger partial charge is 0.192 e. The Labute approximate surface area is 145 Å². The van der Waals surface area contributed by atoms with Gasteiger partial charge in [-0.05, 0) is 99.9 Å². The molecule has 0 aromatic heterocycles. The van der Waals surface area contributed by atoms with E-state index in [-0.39, 0.29) is 0 Å². The minimum atomic E-state index is 0.692. The molecule has 0 saturated heterocycles. The molecule has 0 aliphatic carbocycles. The molecule has 0 fully saturated rings. The fourth-order valence-corrected chi connectivity index (χ4v) is 3.53. The van der Waals surface area contributed by atoms with Crippen molar-refractivity contribution >= 4 is 0 Å². The van der Waals surface area contributed by atoms with Crippen LogP contribution in [0.15, 0.2) is 0 Å². The average Bonchev–Trinajstić information content (AvgIpc) is 2.57. The molecule has 2 heteroatoms. The third-order valence-corrected chi connectivity index (χ3v) is 5.85. The molecule has 2 rings (SSSR count). The summed E-state index contributed by atoms with van der Waals surface area (Å²) < 4.78 is 0. The Morgan fingerprint density at radius 2 is 0.667 bits per heavy atom. The Morgan fingerprint density at radius 1 is 0.417 bits per heavy atom. The van der Waals surface area contributed by atoms with Gasteiger partial charge in [0.1, 0.15) is 12.1 Å². The molecule has 0 N–H and O–H groups in total. The van der Waals surface area contributed by atoms with Gasteiger partial charge in [0.05, 0.1) is 11.1 Å². The van der Waals surface area contributed by atoms with E-state index in [1.54, 1.807) is 0 Å². The van der Waals surface area contributed by atoms with Gasteiger partial charge in [0.2, 0.25) is 0 Å². The first kappa shape index (κ1) is 17.8. The molecule has 0 spiro atoms. The SMILES string of the molecule is Cc1c(C)c(C)c(-c2c(C)c(C)c(C)c(C)c2C#N)c(C#N)c1C. The first-order chi connectivity index (χ1) is 11.2. The zero-order valence-corrected chi connectivity index (χ0v) is 15.9. The van der Waals surface area contributed by atoms with E-state index < -0.39 is 0 Å². The first-order valence-corrected chi connectivity index (χ1v) is 8.20. The maximum Gasteiger partial charge on any atom is 0.100 e. The monoisotopic (exact) mass is 316 g/mol. The van der Waals surface area contributed by atoms with Crippen LogP contribution in [0, 0.1) is 78.1 Å². The highest BCUT2D eigenvalue weighted by molar-refractivity contribution is 5.85. The van der Waals surface area contributed by atoms with Gasteiger partial charge in [-0.25, -0.2) is 0 Å². The first-order valence-electron chi connectivity index (χ1n) is 8.20. The quantitative estimate of drug-likeness (QED) is 0.691. The molecule has 2 aromatic carbocycles. The normalized spacial score (nSPS) is 10.4. The van der Waals surface area contributed by atoms with Crippen LogP contribution in [-0.4, -0.2) is 0 Å². The number of hydrogen-bond donors (Lipinski definition) is 0. The van der Waals surface area contributed by atoms with Gasteiger partial charge >= 0.3 is 0 Å². The van der Waals surface area contributed by atoms with Gasteiger partial charge in [0, 0.05) is 11.1 Å². The van der Waals surface area contributed by atoms with Gasteiger partial charge < -0.3 is 0 Å². The van der Waals surface area contributed by atoms with E-state index in [4.69, 9.17) is 0 Å². The topological polar surface area (TPSA) is 47.6 Å². The number of benzene rings is 2. The van der Waals surface area contributed by atoms with Crippen molar-refractivity contribution in [3.8, 4) is 23.3 Å². The van der Waals surface area contributed by atoms with Crippen LogP contribution in [0.3, 0.4) is 0 Å². The van der Waals surface area contributed by atoms with Crippen LogP contribution in [-0.2, 0) is 0 Å². The second kappa shape index (κ2) is 6.14. The Balaban J connectivity index is 3.17. The molecule has 122 valence electrons. The molecule has 0 saturated carbocycles. The molecule has 0 unspecified atom stereocenters. The Morgan fingerprint density at radius 3 is 0.917 bits per heavy atom. The predicted molar refractivity (Wildman–Crippen MR) is 99.2 cm³/mol. The number of nitrogens with zero attached hydrogens (tertiary/aromatic N) is 2. The van der Waals surface area contributed by atoms with Crippen LogP contribution >= 0.6 is 0 Å². The molecule has 0 bridgehead atoms. The summed E-state index contributed by atoms with van der Waals surface area (Å²) in [5.41, 5.74) is 12.2. The lowest BCUT2D eigenvalue weighted by molar-refractivity contribution is 1.17. The van der Waals surface area contributed by atoms with Crippen LogP contribution in [0.25, 0.3) is 11.1 Å². The standard InChI is InChI=1S/C22H24N2/c1-11-13(3)17(7)21(19(9-23)15(11)5)22-18(8)14(4)12(2)16(6)20(22)10-24/h1-8H3. The summed E-state index contributed by atoms with van der Waals surface area (Å²) in [7, 11) is 0. The number of nitriles is 2. The van der Waals surface area contributed by atoms with Gasteiger partial charge in [-0.2, -0.15) is 10.5 Å². The van der Waals surface area contributed by atoms with E-state index in [1.165, 1.54) is 11.1 Å². The molecular weight excluding hydrogens is 292 g/mol. The molecule has 0 aliphatic rings. The summed E-state index contributed by atoms with van der Waals surface area (Å²) in [4.78, 5) is 0. The van der Waals surface area contributed by atoms with Crippen molar-refractivity contribution in [3.05, 3.63) is 55.6 Å². The lowest BCUT2D eigenvalue weighted by Crippen LogP contribution is -2.06. The smallest absolute Gasteiger partial charge is 0.100 e. The molecule has 2 aromatic rings. The second-order valence-corrected chi connectivity index (χ2v) is 6.72. The van der Waals surface area contributed by atoms with Gasteiger partial charge in [-0.3, -0.25) is 0 Å². The van der Waals surface area contributed by atoms with Crippen molar-refractivity contribution in [1.82, 2.24) is 0 Å². The number of hydrogen-bond acceptors (Lipinski definition) is 2. The van der Waals surface area contributed by atoms with Crippen LogP contribution in [0.5, 0.6) is 0 Å². The summed E-state index contributed by atoms with van der Waals surface area (Å²) in [5.74, 6) is 0. The van der Waals surface area contributed by atoms with E-state index in [0.717, 1.165) is 44.5 Å². The van der Waals surface area contributed by atoms with Crippen molar-refractivity contribution in [1.29, 1.82) is 10.5 Å². The summed E-state index contributed by atoms with van der Waals surface area (Å²) >= 11 is 0. The highest BCUT2D eigenvalue weighted by Gasteiger charge is 2.23. The van der Waals surface area contributed by atoms with E-state index >= 15 is 0 Å².